The standard InChI is InChI=1S/C18H30N2O/c1-13-17(19)11-6-14(18(13,2)3)12-20(4)15-7-9-16(21-5)10-8-15/h7-10,13-14,17H,6,11-12,19H2,1-5H3. The van der Waals surface area contributed by atoms with Gasteiger partial charge >= 0.3 is 0 Å². The van der Waals surface area contributed by atoms with E-state index >= 15 is 0 Å². The van der Waals surface area contributed by atoms with Gasteiger partial charge in [-0.15, -0.1) is 0 Å². The van der Waals surface area contributed by atoms with E-state index in [1.165, 1.54) is 12.1 Å². The molecule has 3 heteroatoms. The van der Waals surface area contributed by atoms with Crippen LogP contribution >= 0.6 is 0 Å². The first-order valence-corrected chi connectivity index (χ1v) is 7.97. The topological polar surface area (TPSA) is 38.5 Å². The molecule has 3 nitrogen and oxygen atoms in total. The lowest BCUT2D eigenvalue weighted by molar-refractivity contribution is 0.0588. The number of benzene rings is 1. The highest BCUT2D eigenvalue weighted by atomic mass is 16.5. The molecule has 0 amide bonds. The SMILES string of the molecule is COc1ccc(N(C)CC2CCC(N)C(C)C2(C)C)cc1. The van der Waals surface area contributed by atoms with Crippen molar-refractivity contribution >= 4 is 5.69 Å². The molecule has 1 aromatic rings. The normalized spacial score (nSPS) is 28.2. The summed E-state index contributed by atoms with van der Waals surface area (Å²) in [6.45, 7) is 8.15. The number of ether oxygens (including phenoxy) is 1. The Morgan fingerprint density at radius 1 is 1.24 bits per heavy atom. The second-order valence-corrected chi connectivity index (χ2v) is 7.13. The largest absolute Gasteiger partial charge is 0.497 e. The van der Waals surface area contributed by atoms with Gasteiger partial charge in [0, 0.05) is 25.3 Å². The lowest BCUT2D eigenvalue weighted by atomic mass is 9.61. The summed E-state index contributed by atoms with van der Waals surface area (Å²) in [5.41, 5.74) is 7.80. The molecule has 3 unspecified atom stereocenters. The van der Waals surface area contributed by atoms with Crippen molar-refractivity contribution in [2.45, 2.75) is 39.7 Å². The molecule has 0 spiro atoms. The van der Waals surface area contributed by atoms with Crippen LogP contribution in [-0.4, -0.2) is 26.7 Å². The van der Waals surface area contributed by atoms with Gasteiger partial charge in [0.2, 0.25) is 0 Å². The van der Waals surface area contributed by atoms with Gasteiger partial charge in [0.05, 0.1) is 7.11 Å². The third kappa shape index (κ3) is 3.34. The Labute approximate surface area is 129 Å². The highest BCUT2D eigenvalue weighted by Gasteiger charge is 2.41. The van der Waals surface area contributed by atoms with E-state index in [1.807, 2.05) is 12.1 Å². The first kappa shape index (κ1) is 16.2. The highest BCUT2D eigenvalue weighted by Crippen LogP contribution is 2.44. The summed E-state index contributed by atoms with van der Waals surface area (Å²) in [6.07, 6.45) is 2.37. The van der Waals surface area contributed by atoms with Gasteiger partial charge in [-0.3, -0.25) is 0 Å². The van der Waals surface area contributed by atoms with Crippen LogP contribution in [0.25, 0.3) is 0 Å². The van der Waals surface area contributed by atoms with Gasteiger partial charge in [-0.2, -0.15) is 0 Å². The Kier molecular flexibility index (Phi) is 4.82. The summed E-state index contributed by atoms with van der Waals surface area (Å²) in [4.78, 5) is 2.36. The molecular formula is C18H30N2O. The molecule has 118 valence electrons. The van der Waals surface area contributed by atoms with Crippen molar-refractivity contribution in [2.24, 2.45) is 23.0 Å². The second kappa shape index (κ2) is 6.27. The Morgan fingerprint density at radius 3 is 2.43 bits per heavy atom. The molecule has 0 heterocycles. The number of hydrogen-bond donors (Lipinski definition) is 1. The minimum absolute atomic E-state index is 0.290. The number of nitrogens with two attached hydrogens (primary N) is 1. The van der Waals surface area contributed by atoms with E-state index in [-0.39, 0.29) is 0 Å². The monoisotopic (exact) mass is 290 g/mol. The van der Waals surface area contributed by atoms with Crippen molar-refractivity contribution in [3.8, 4) is 5.75 Å². The molecule has 0 radical (unpaired) electrons. The van der Waals surface area contributed by atoms with Crippen molar-refractivity contribution in [1.82, 2.24) is 0 Å². The summed E-state index contributed by atoms with van der Waals surface area (Å²) >= 11 is 0. The van der Waals surface area contributed by atoms with E-state index in [4.69, 9.17) is 10.5 Å². The molecule has 1 fully saturated rings. The van der Waals surface area contributed by atoms with Gasteiger partial charge in [-0.1, -0.05) is 20.8 Å². The van der Waals surface area contributed by atoms with Crippen LogP contribution in [0, 0.1) is 17.3 Å². The molecular weight excluding hydrogens is 260 g/mol. The molecule has 1 aromatic carbocycles. The zero-order valence-corrected chi connectivity index (χ0v) is 14.1. The van der Waals surface area contributed by atoms with Gasteiger partial charge in [0.25, 0.3) is 0 Å². The van der Waals surface area contributed by atoms with Crippen molar-refractivity contribution in [2.75, 3.05) is 25.6 Å². The summed E-state index contributed by atoms with van der Waals surface area (Å²) in [6, 6.07) is 8.66. The zero-order valence-electron chi connectivity index (χ0n) is 14.1. The Hall–Kier alpha value is -1.22. The van der Waals surface area contributed by atoms with Crippen LogP contribution in [-0.2, 0) is 0 Å². The number of hydrogen-bond acceptors (Lipinski definition) is 3. The predicted molar refractivity (Wildman–Crippen MR) is 89.9 cm³/mol. The molecule has 0 bridgehead atoms. The van der Waals surface area contributed by atoms with Crippen molar-refractivity contribution in [3.05, 3.63) is 24.3 Å². The second-order valence-electron chi connectivity index (χ2n) is 7.13. The molecule has 0 aromatic heterocycles. The van der Waals surface area contributed by atoms with Gasteiger partial charge in [0.15, 0.2) is 0 Å². The maximum absolute atomic E-state index is 6.26. The first-order chi connectivity index (χ1) is 9.86. The number of rotatable bonds is 4. The minimum atomic E-state index is 0.290. The fourth-order valence-electron chi connectivity index (χ4n) is 3.54. The zero-order chi connectivity index (χ0) is 15.6. The van der Waals surface area contributed by atoms with Gasteiger partial charge in [-0.05, 0) is 54.4 Å². The lowest BCUT2D eigenvalue weighted by Crippen LogP contribution is -2.49. The Balaban J connectivity index is 2.06. The molecule has 1 aliphatic rings. The van der Waals surface area contributed by atoms with E-state index in [2.05, 4.69) is 44.9 Å². The molecule has 0 aliphatic heterocycles. The third-order valence-corrected chi connectivity index (χ3v) is 5.72. The fourth-order valence-corrected chi connectivity index (χ4v) is 3.54. The molecule has 2 N–H and O–H groups in total. The maximum atomic E-state index is 6.26. The van der Waals surface area contributed by atoms with Gasteiger partial charge in [0.1, 0.15) is 5.75 Å². The summed E-state index contributed by atoms with van der Waals surface area (Å²) in [5, 5.41) is 0. The smallest absolute Gasteiger partial charge is 0.119 e. The van der Waals surface area contributed by atoms with Crippen LogP contribution in [0.2, 0.25) is 0 Å². The van der Waals surface area contributed by atoms with E-state index in [0.717, 1.165) is 18.7 Å². The van der Waals surface area contributed by atoms with Crippen LogP contribution in [0.1, 0.15) is 33.6 Å². The van der Waals surface area contributed by atoms with Gasteiger partial charge in [-0.25, -0.2) is 0 Å². The van der Waals surface area contributed by atoms with Gasteiger partial charge < -0.3 is 15.4 Å². The van der Waals surface area contributed by atoms with E-state index in [9.17, 15) is 0 Å². The molecule has 21 heavy (non-hydrogen) atoms. The average molecular weight is 290 g/mol. The average Bonchev–Trinajstić information content (AvgIpc) is 2.48. The molecule has 2 rings (SSSR count). The predicted octanol–water partition coefficient (Wildman–Crippen LogP) is 3.53. The van der Waals surface area contributed by atoms with Crippen LogP contribution in [0.3, 0.4) is 0 Å². The van der Waals surface area contributed by atoms with Crippen molar-refractivity contribution < 1.29 is 4.74 Å². The van der Waals surface area contributed by atoms with Crippen LogP contribution in [0.5, 0.6) is 5.75 Å². The Bertz CT molecular complexity index is 455. The van der Waals surface area contributed by atoms with E-state index < -0.39 is 0 Å². The number of methoxy groups -OCH3 is 1. The number of anilines is 1. The first-order valence-electron chi connectivity index (χ1n) is 7.97. The lowest BCUT2D eigenvalue weighted by Gasteiger charge is -2.48. The van der Waals surface area contributed by atoms with Crippen LogP contribution in [0.15, 0.2) is 24.3 Å². The van der Waals surface area contributed by atoms with Crippen LogP contribution < -0.4 is 15.4 Å². The summed E-state index contributed by atoms with van der Waals surface area (Å²) < 4.78 is 5.23. The summed E-state index contributed by atoms with van der Waals surface area (Å²) in [7, 11) is 3.88. The molecule has 3 atom stereocenters. The molecule has 1 aliphatic carbocycles. The van der Waals surface area contributed by atoms with Crippen molar-refractivity contribution in [1.29, 1.82) is 0 Å². The number of nitrogens with zero attached hydrogens (tertiary/aromatic N) is 1. The quantitative estimate of drug-likeness (QED) is 0.922. The Morgan fingerprint density at radius 2 is 1.86 bits per heavy atom. The van der Waals surface area contributed by atoms with E-state index in [0.29, 0.717) is 23.3 Å². The molecule has 0 saturated heterocycles. The summed E-state index contributed by atoms with van der Waals surface area (Å²) in [5.74, 6) is 2.16. The van der Waals surface area contributed by atoms with Crippen LogP contribution in [0.4, 0.5) is 5.69 Å². The maximum Gasteiger partial charge on any atom is 0.119 e. The third-order valence-electron chi connectivity index (χ3n) is 5.72. The fraction of sp³-hybridized carbons (Fsp3) is 0.667. The highest BCUT2D eigenvalue weighted by molar-refractivity contribution is 5.48. The molecule has 1 saturated carbocycles. The minimum Gasteiger partial charge on any atom is -0.497 e. The van der Waals surface area contributed by atoms with E-state index in [1.54, 1.807) is 7.11 Å². The van der Waals surface area contributed by atoms with Crippen molar-refractivity contribution in [3.63, 3.8) is 0 Å².